The van der Waals surface area contributed by atoms with Gasteiger partial charge in [0.1, 0.15) is 17.5 Å². The summed E-state index contributed by atoms with van der Waals surface area (Å²) in [5.41, 5.74) is 9.66. The van der Waals surface area contributed by atoms with E-state index < -0.39 is 0 Å². The van der Waals surface area contributed by atoms with Crippen LogP contribution in [0, 0.1) is 11.3 Å². The van der Waals surface area contributed by atoms with Gasteiger partial charge in [-0.15, -0.1) is 0 Å². The zero-order valence-electron chi connectivity index (χ0n) is 11.6. The zero-order chi connectivity index (χ0) is 15.1. The summed E-state index contributed by atoms with van der Waals surface area (Å²) in [5, 5.41) is 9.53. The summed E-state index contributed by atoms with van der Waals surface area (Å²) in [6, 6.07) is 19.3. The van der Waals surface area contributed by atoms with Crippen LogP contribution in [0.1, 0.15) is 5.56 Å². The number of fused-ring (bicyclic) bond motifs is 3. The molecule has 0 bridgehead atoms. The van der Waals surface area contributed by atoms with E-state index in [-0.39, 0.29) is 0 Å². The third kappa shape index (κ3) is 1.64. The third-order valence-electron chi connectivity index (χ3n) is 3.65. The topological polar surface area (TPSA) is 80.0 Å². The molecule has 0 radical (unpaired) electrons. The molecule has 2 N–H and O–H groups in total. The smallest absolute Gasteiger partial charge is 0.237 e. The van der Waals surface area contributed by atoms with Gasteiger partial charge in [0.25, 0.3) is 0 Å². The van der Waals surface area contributed by atoms with Crippen molar-refractivity contribution in [1.29, 1.82) is 5.26 Å². The summed E-state index contributed by atoms with van der Waals surface area (Å²) < 4.78 is 1.72. The number of rotatable bonds is 1. The van der Waals surface area contributed by atoms with E-state index in [0.717, 1.165) is 16.6 Å². The predicted octanol–water partition coefficient (Wildman–Crippen LogP) is 3.00. The monoisotopic (exact) mass is 285 g/mol. The number of nitriles is 1. The first kappa shape index (κ1) is 12.4. The molecule has 0 spiro atoms. The summed E-state index contributed by atoms with van der Waals surface area (Å²) >= 11 is 0. The van der Waals surface area contributed by atoms with E-state index in [0.29, 0.717) is 22.9 Å². The van der Waals surface area contributed by atoms with E-state index >= 15 is 0 Å². The Morgan fingerprint density at radius 2 is 1.68 bits per heavy atom. The van der Waals surface area contributed by atoms with Crippen LogP contribution in [0.5, 0.6) is 0 Å². The van der Waals surface area contributed by atoms with Crippen LogP contribution in [0.2, 0.25) is 0 Å². The number of hydrogen-bond acceptors (Lipinski definition) is 4. The van der Waals surface area contributed by atoms with E-state index in [4.69, 9.17) is 5.73 Å². The Labute approximate surface area is 126 Å². The number of para-hydroxylation sites is 2. The van der Waals surface area contributed by atoms with Crippen molar-refractivity contribution in [2.45, 2.75) is 0 Å². The van der Waals surface area contributed by atoms with Crippen molar-refractivity contribution in [2.75, 3.05) is 5.73 Å². The minimum Gasteiger partial charge on any atom is -0.384 e. The van der Waals surface area contributed by atoms with Crippen molar-refractivity contribution in [3.05, 3.63) is 60.2 Å². The van der Waals surface area contributed by atoms with Crippen molar-refractivity contribution in [3.8, 4) is 17.3 Å². The van der Waals surface area contributed by atoms with Gasteiger partial charge in [0, 0.05) is 5.56 Å². The zero-order valence-corrected chi connectivity index (χ0v) is 11.6. The SMILES string of the molecule is N#Cc1c(-c2ccccc2)nc2nc3ccccc3n2c1N. The molecule has 5 nitrogen and oxygen atoms in total. The second-order valence-electron chi connectivity index (χ2n) is 4.93. The number of nitrogen functional groups attached to an aromatic ring is 1. The van der Waals surface area contributed by atoms with Crippen LogP contribution < -0.4 is 5.73 Å². The van der Waals surface area contributed by atoms with Crippen LogP contribution in [0.3, 0.4) is 0 Å². The van der Waals surface area contributed by atoms with Gasteiger partial charge in [0.2, 0.25) is 5.78 Å². The lowest BCUT2D eigenvalue weighted by Gasteiger charge is -2.08. The molecule has 0 fully saturated rings. The molecule has 2 heterocycles. The highest BCUT2D eigenvalue weighted by molar-refractivity contribution is 5.84. The molecule has 0 saturated heterocycles. The van der Waals surface area contributed by atoms with Crippen molar-refractivity contribution in [3.63, 3.8) is 0 Å². The maximum atomic E-state index is 9.53. The fourth-order valence-electron chi connectivity index (χ4n) is 2.63. The average Bonchev–Trinajstić information content (AvgIpc) is 2.94. The van der Waals surface area contributed by atoms with Crippen LogP contribution in [0.25, 0.3) is 28.1 Å². The third-order valence-corrected chi connectivity index (χ3v) is 3.65. The van der Waals surface area contributed by atoms with Gasteiger partial charge in [-0.05, 0) is 12.1 Å². The van der Waals surface area contributed by atoms with Gasteiger partial charge < -0.3 is 5.73 Å². The van der Waals surface area contributed by atoms with Gasteiger partial charge in [-0.3, -0.25) is 4.40 Å². The van der Waals surface area contributed by atoms with E-state index in [9.17, 15) is 5.26 Å². The summed E-state index contributed by atoms with van der Waals surface area (Å²) in [6.07, 6.45) is 0. The number of hydrogen-bond donors (Lipinski definition) is 1. The fraction of sp³-hybridized carbons (Fsp3) is 0. The van der Waals surface area contributed by atoms with Crippen LogP contribution in [-0.4, -0.2) is 14.4 Å². The van der Waals surface area contributed by atoms with E-state index in [1.165, 1.54) is 0 Å². The normalized spacial score (nSPS) is 10.9. The molecule has 0 amide bonds. The average molecular weight is 285 g/mol. The van der Waals surface area contributed by atoms with Crippen LogP contribution in [-0.2, 0) is 0 Å². The molecule has 22 heavy (non-hydrogen) atoms. The number of anilines is 1. The first-order valence-corrected chi connectivity index (χ1v) is 6.82. The molecule has 104 valence electrons. The van der Waals surface area contributed by atoms with Crippen LogP contribution in [0.4, 0.5) is 5.82 Å². The first-order chi connectivity index (χ1) is 10.8. The number of nitrogens with zero attached hydrogens (tertiary/aromatic N) is 4. The van der Waals surface area contributed by atoms with Gasteiger partial charge in [-0.25, -0.2) is 9.97 Å². The maximum absolute atomic E-state index is 9.53. The molecule has 4 rings (SSSR count). The van der Waals surface area contributed by atoms with Crippen LogP contribution >= 0.6 is 0 Å². The maximum Gasteiger partial charge on any atom is 0.237 e. The Morgan fingerprint density at radius 1 is 0.955 bits per heavy atom. The molecule has 0 aliphatic heterocycles. The summed E-state index contributed by atoms with van der Waals surface area (Å²) in [7, 11) is 0. The molecule has 4 aromatic rings. The Bertz CT molecular complexity index is 1040. The van der Waals surface area contributed by atoms with Gasteiger partial charge in [-0.1, -0.05) is 42.5 Å². The largest absolute Gasteiger partial charge is 0.384 e. The van der Waals surface area contributed by atoms with E-state index in [1.54, 1.807) is 4.40 Å². The molecule has 5 heteroatoms. The first-order valence-electron chi connectivity index (χ1n) is 6.82. The summed E-state index contributed by atoms with van der Waals surface area (Å²) in [4.78, 5) is 9.06. The molecular formula is C17H11N5. The molecule has 2 aromatic heterocycles. The Kier molecular flexibility index (Phi) is 2.57. The second-order valence-corrected chi connectivity index (χ2v) is 4.93. The van der Waals surface area contributed by atoms with E-state index in [2.05, 4.69) is 16.0 Å². The second kappa shape index (κ2) is 4.57. The van der Waals surface area contributed by atoms with Crippen molar-refractivity contribution in [1.82, 2.24) is 14.4 Å². The van der Waals surface area contributed by atoms with Crippen LogP contribution in [0.15, 0.2) is 54.6 Å². The van der Waals surface area contributed by atoms with Crippen molar-refractivity contribution in [2.24, 2.45) is 0 Å². The van der Waals surface area contributed by atoms with Crippen molar-refractivity contribution >= 4 is 22.6 Å². The summed E-state index contributed by atoms with van der Waals surface area (Å²) in [5.74, 6) is 0.858. The fourth-order valence-corrected chi connectivity index (χ4v) is 2.63. The van der Waals surface area contributed by atoms with Gasteiger partial charge in [0.05, 0.1) is 16.7 Å². The Morgan fingerprint density at radius 3 is 2.45 bits per heavy atom. The molecule has 0 atom stereocenters. The lowest BCUT2D eigenvalue weighted by Crippen LogP contribution is -2.05. The van der Waals surface area contributed by atoms with Gasteiger partial charge >= 0.3 is 0 Å². The number of aromatic nitrogens is 3. The minimum atomic E-state index is 0.361. The number of imidazole rings is 1. The highest BCUT2D eigenvalue weighted by Crippen LogP contribution is 2.28. The standard InChI is InChI=1S/C17H11N5/c18-10-12-15(11-6-2-1-3-7-11)21-17-20-13-8-4-5-9-14(13)22(17)16(12)19/h1-9H,19H2. The van der Waals surface area contributed by atoms with Gasteiger partial charge in [-0.2, -0.15) is 5.26 Å². The van der Waals surface area contributed by atoms with Crippen molar-refractivity contribution < 1.29 is 0 Å². The quantitative estimate of drug-likeness (QED) is 0.583. The molecule has 0 aliphatic rings. The highest BCUT2D eigenvalue weighted by Gasteiger charge is 2.17. The molecule has 0 unspecified atom stereocenters. The molecule has 2 aromatic carbocycles. The van der Waals surface area contributed by atoms with Gasteiger partial charge in [0.15, 0.2) is 0 Å². The number of nitrogens with two attached hydrogens (primary N) is 1. The Balaban J connectivity index is 2.16. The Hall–Kier alpha value is -3.39. The highest BCUT2D eigenvalue weighted by atomic mass is 15.1. The predicted molar refractivity (Wildman–Crippen MR) is 85.1 cm³/mol. The number of benzene rings is 2. The molecular weight excluding hydrogens is 274 g/mol. The minimum absolute atomic E-state index is 0.361. The summed E-state index contributed by atoms with van der Waals surface area (Å²) in [6.45, 7) is 0. The lowest BCUT2D eigenvalue weighted by molar-refractivity contribution is 1.14. The van der Waals surface area contributed by atoms with E-state index in [1.807, 2.05) is 54.6 Å². The lowest BCUT2D eigenvalue weighted by atomic mass is 10.1. The molecule has 0 saturated carbocycles. The molecule has 0 aliphatic carbocycles.